The summed E-state index contributed by atoms with van der Waals surface area (Å²) < 4.78 is 18.3. The van der Waals surface area contributed by atoms with Crippen molar-refractivity contribution in [3.05, 3.63) is 48.4 Å². The number of ether oxygens (including phenoxy) is 1. The highest BCUT2D eigenvalue weighted by Gasteiger charge is 2.06. The highest BCUT2D eigenvalue weighted by Crippen LogP contribution is 2.21. The summed E-state index contributed by atoms with van der Waals surface area (Å²) >= 11 is 0. The fraction of sp³-hybridized carbons (Fsp3) is 0.250. The maximum absolute atomic E-state index is 12.8. The number of amides is 1. The summed E-state index contributed by atoms with van der Waals surface area (Å²) in [6.45, 7) is 3.96. The molecule has 2 rings (SSSR count). The van der Waals surface area contributed by atoms with Crippen molar-refractivity contribution >= 4 is 11.7 Å². The van der Waals surface area contributed by atoms with Gasteiger partial charge in [0.2, 0.25) is 5.91 Å². The number of hydrogen-bond donors (Lipinski definition) is 1. The van der Waals surface area contributed by atoms with E-state index < -0.39 is 0 Å². The highest BCUT2D eigenvalue weighted by molar-refractivity contribution is 5.89. The molecule has 0 saturated carbocycles. The van der Waals surface area contributed by atoms with Crippen molar-refractivity contribution in [2.45, 2.75) is 20.3 Å². The van der Waals surface area contributed by atoms with Gasteiger partial charge in [-0.1, -0.05) is 13.8 Å². The van der Waals surface area contributed by atoms with Crippen LogP contribution in [0.4, 0.5) is 10.2 Å². The predicted octanol–water partition coefficient (Wildman–Crippen LogP) is 4.00. The Balaban J connectivity index is 1.95. The van der Waals surface area contributed by atoms with E-state index in [1.54, 1.807) is 12.1 Å². The van der Waals surface area contributed by atoms with Crippen LogP contribution in [0.2, 0.25) is 0 Å². The summed E-state index contributed by atoms with van der Waals surface area (Å²) in [7, 11) is 0. The first-order chi connectivity index (χ1) is 10.0. The zero-order chi connectivity index (χ0) is 15.2. The van der Waals surface area contributed by atoms with Gasteiger partial charge in [-0.05, 0) is 42.3 Å². The Kier molecular flexibility index (Phi) is 4.87. The maximum atomic E-state index is 12.8. The number of halogens is 1. The minimum Gasteiger partial charge on any atom is -0.456 e. The molecule has 0 aliphatic carbocycles. The third kappa shape index (κ3) is 4.87. The second kappa shape index (κ2) is 6.83. The summed E-state index contributed by atoms with van der Waals surface area (Å²) in [5.74, 6) is 1.44. The molecule has 1 aromatic carbocycles. The van der Waals surface area contributed by atoms with Crippen molar-refractivity contribution < 1.29 is 13.9 Å². The average Bonchev–Trinajstić information content (AvgIpc) is 2.42. The van der Waals surface area contributed by atoms with Crippen LogP contribution in [0.15, 0.2) is 42.6 Å². The van der Waals surface area contributed by atoms with Crippen LogP contribution in [-0.4, -0.2) is 10.9 Å². The molecule has 0 atom stereocenters. The molecule has 110 valence electrons. The number of benzene rings is 1. The Morgan fingerprint density at radius 2 is 1.86 bits per heavy atom. The SMILES string of the molecule is CC(C)CC(=O)Nc1ccc(Oc2ccc(F)cc2)cn1. The van der Waals surface area contributed by atoms with E-state index in [2.05, 4.69) is 10.3 Å². The Bertz CT molecular complexity index is 595. The predicted molar refractivity (Wildman–Crippen MR) is 78.8 cm³/mol. The first-order valence-electron chi connectivity index (χ1n) is 6.72. The van der Waals surface area contributed by atoms with Crippen molar-refractivity contribution in [3.8, 4) is 11.5 Å². The molecule has 5 heteroatoms. The van der Waals surface area contributed by atoms with Crippen LogP contribution in [0.1, 0.15) is 20.3 Å². The van der Waals surface area contributed by atoms with Gasteiger partial charge in [0.05, 0.1) is 6.20 Å². The molecule has 0 fully saturated rings. The molecule has 0 spiro atoms. The van der Waals surface area contributed by atoms with Crippen molar-refractivity contribution in [2.24, 2.45) is 5.92 Å². The van der Waals surface area contributed by atoms with Crippen molar-refractivity contribution in [2.75, 3.05) is 5.32 Å². The van der Waals surface area contributed by atoms with E-state index in [0.29, 0.717) is 29.7 Å². The monoisotopic (exact) mass is 288 g/mol. The van der Waals surface area contributed by atoms with Gasteiger partial charge in [-0.2, -0.15) is 0 Å². The molecular formula is C16H17FN2O2. The van der Waals surface area contributed by atoms with Crippen LogP contribution in [0, 0.1) is 11.7 Å². The molecule has 0 bridgehead atoms. The van der Waals surface area contributed by atoms with Crippen LogP contribution in [0.5, 0.6) is 11.5 Å². The fourth-order valence-corrected chi connectivity index (χ4v) is 1.72. The summed E-state index contributed by atoms with van der Waals surface area (Å²) in [5, 5.41) is 2.72. The topological polar surface area (TPSA) is 51.2 Å². The number of carbonyl (C=O) groups is 1. The lowest BCUT2D eigenvalue weighted by atomic mass is 10.1. The Morgan fingerprint density at radius 1 is 1.19 bits per heavy atom. The van der Waals surface area contributed by atoms with Crippen LogP contribution in [-0.2, 0) is 4.79 Å². The summed E-state index contributed by atoms with van der Waals surface area (Å²) in [6, 6.07) is 9.08. The lowest BCUT2D eigenvalue weighted by Gasteiger charge is -2.08. The lowest BCUT2D eigenvalue weighted by Crippen LogP contribution is -2.14. The number of nitrogens with one attached hydrogen (secondary N) is 1. The molecular weight excluding hydrogens is 271 g/mol. The first kappa shape index (κ1) is 15.0. The molecule has 1 amide bonds. The minimum atomic E-state index is -0.316. The number of aromatic nitrogens is 1. The fourth-order valence-electron chi connectivity index (χ4n) is 1.72. The van der Waals surface area contributed by atoms with E-state index in [1.807, 2.05) is 13.8 Å². The Hall–Kier alpha value is -2.43. The van der Waals surface area contributed by atoms with Crippen LogP contribution >= 0.6 is 0 Å². The minimum absolute atomic E-state index is 0.0651. The zero-order valence-electron chi connectivity index (χ0n) is 12.0. The van der Waals surface area contributed by atoms with Gasteiger partial charge >= 0.3 is 0 Å². The Morgan fingerprint density at radius 3 is 2.43 bits per heavy atom. The zero-order valence-corrected chi connectivity index (χ0v) is 12.0. The molecule has 1 aromatic heterocycles. The second-order valence-electron chi connectivity index (χ2n) is 5.08. The van der Waals surface area contributed by atoms with Crippen LogP contribution in [0.3, 0.4) is 0 Å². The van der Waals surface area contributed by atoms with E-state index >= 15 is 0 Å². The third-order valence-electron chi connectivity index (χ3n) is 2.65. The van der Waals surface area contributed by atoms with Gasteiger partial charge in [0.1, 0.15) is 23.1 Å². The first-order valence-corrected chi connectivity index (χ1v) is 6.72. The number of carbonyl (C=O) groups excluding carboxylic acids is 1. The Labute approximate surface area is 123 Å². The molecule has 0 saturated heterocycles. The standard InChI is InChI=1S/C16H17FN2O2/c1-11(2)9-16(20)19-15-8-7-14(10-18-15)21-13-5-3-12(17)4-6-13/h3-8,10-11H,9H2,1-2H3,(H,18,19,20). The second-order valence-corrected chi connectivity index (χ2v) is 5.08. The summed E-state index contributed by atoms with van der Waals surface area (Å²) in [4.78, 5) is 15.7. The van der Waals surface area contributed by atoms with Gasteiger partial charge in [-0.15, -0.1) is 0 Å². The molecule has 2 aromatic rings. The molecule has 0 aliphatic heterocycles. The van der Waals surface area contributed by atoms with Gasteiger partial charge in [0.15, 0.2) is 0 Å². The molecule has 1 N–H and O–H groups in total. The maximum Gasteiger partial charge on any atom is 0.225 e. The van der Waals surface area contributed by atoms with Gasteiger partial charge in [-0.3, -0.25) is 4.79 Å². The largest absolute Gasteiger partial charge is 0.456 e. The van der Waals surface area contributed by atoms with Crippen molar-refractivity contribution in [1.29, 1.82) is 0 Å². The molecule has 0 aliphatic rings. The lowest BCUT2D eigenvalue weighted by molar-refractivity contribution is -0.116. The van der Waals surface area contributed by atoms with E-state index in [1.165, 1.54) is 30.5 Å². The van der Waals surface area contributed by atoms with Crippen molar-refractivity contribution in [1.82, 2.24) is 4.98 Å². The van der Waals surface area contributed by atoms with Crippen molar-refractivity contribution in [3.63, 3.8) is 0 Å². The number of rotatable bonds is 5. The molecule has 4 nitrogen and oxygen atoms in total. The van der Waals surface area contributed by atoms with Crippen LogP contribution in [0.25, 0.3) is 0 Å². The van der Waals surface area contributed by atoms with E-state index in [9.17, 15) is 9.18 Å². The van der Waals surface area contributed by atoms with E-state index in [0.717, 1.165) is 0 Å². The summed E-state index contributed by atoms with van der Waals surface area (Å²) in [6.07, 6.45) is 1.96. The third-order valence-corrected chi connectivity index (χ3v) is 2.65. The number of pyridine rings is 1. The van der Waals surface area contributed by atoms with E-state index in [-0.39, 0.29) is 11.7 Å². The molecule has 0 radical (unpaired) electrons. The quantitative estimate of drug-likeness (QED) is 0.904. The number of hydrogen-bond acceptors (Lipinski definition) is 3. The molecule has 1 heterocycles. The van der Waals surface area contributed by atoms with Gasteiger partial charge in [0, 0.05) is 6.42 Å². The molecule has 21 heavy (non-hydrogen) atoms. The van der Waals surface area contributed by atoms with Crippen LogP contribution < -0.4 is 10.1 Å². The number of nitrogens with zero attached hydrogens (tertiary/aromatic N) is 1. The highest BCUT2D eigenvalue weighted by atomic mass is 19.1. The normalized spacial score (nSPS) is 10.5. The van der Waals surface area contributed by atoms with Gasteiger partial charge in [-0.25, -0.2) is 9.37 Å². The van der Waals surface area contributed by atoms with E-state index in [4.69, 9.17) is 4.74 Å². The smallest absolute Gasteiger partial charge is 0.225 e. The molecule has 0 unspecified atom stereocenters. The van der Waals surface area contributed by atoms with Gasteiger partial charge in [0.25, 0.3) is 0 Å². The number of anilines is 1. The van der Waals surface area contributed by atoms with Gasteiger partial charge < -0.3 is 10.1 Å². The summed E-state index contributed by atoms with van der Waals surface area (Å²) in [5.41, 5.74) is 0. The average molecular weight is 288 g/mol.